The number of allylic oxidation sites excluding steroid dienone is 5. The van der Waals surface area contributed by atoms with Gasteiger partial charge in [0.25, 0.3) is 5.91 Å². The summed E-state index contributed by atoms with van der Waals surface area (Å²) in [6, 6.07) is 3.57. The van der Waals surface area contributed by atoms with Crippen molar-refractivity contribution in [1.29, 1.82) is 0 Å². The van der Waals surface area contributed by atoms with Crippen LogP contribution < -0.4 is 10.2 Å². The van der Waals surface area contributed by atoms with E-state index in [0.29, 0.717) is 31.7 Å². The number of carboxylic acids is 1. The van der Waals surface area contributed by atoms with Crippen molar-refractivity contribution < 1.29 is 19.5 Å². The van der Waals surface area contributed by atoms with E-state index in [1.807, 2.05) is 25.1 Å². The van der Waals surface area contributed by atoms with Gasteiger partial charge in [-0.15, -0.1) is 0 Å². The van der Waals surface area contributed by atoms with Crippen molar-refractivity contribution in [1.82, 2.24) is 15.2 Å². The van der Waals surface area contributed by atoms with Gasteiger partial charge in [-0.1, -0.05) is 17.7 Å². The number of aliphatic carboxylic acids is 1. The molecule has 176 valence electrons. The lowest BCUT2D eigenvalue weighted by Crippen LogP contribution is -2.50. The first-order valence-corrected chi connectivity index (χ1v) is 11.2. The van der Waals surface area contributed by atoms with Gasteiger partial charge in [0.1, 0.15) is 5.82 Å². The quantitative estimate of drug-likeness (QED) is 0.687. The summed E-state index contributed by atoms with van der Waals surface area (Å²) in [6.45, 7) is 9.41. The highest BCUT2D eigenvalue weighted by molar-refractivity contribution is 5.95. The number of nitrogens with zero attached hydrogens (tertiary/aromatic N) is 3. The van der Waals surface area contributed by atoms with Gasteiger partial charge in [0.05, 0.1) is 11.0 Å². The zero-order valence-electron chi connectivity index (χ0n) is 19.7. The molecule has 1 fully saturated rings. The second-order valence-electron chi connectivity index (χ2n) is 9.20. The third-order valence-corrected chi connectivity index (χ3v) is 6.15. The van der Waals surface area contributed by atoms with E-state index >= 15 is 0 Å². The zero-order chi connectivity index (χ0) is 24.2. The minimum atomic E-state index is -1.08. The largest absolute Gasteiger partial charge is 0.481 e. The zero-order valence-corrected chi connectivity index (χ0v) is 19.7. The summed E-state index contributed by atoms with van der Waals surface area (Å²) in [5.41, 5.74) is 2.50. The van der Waals surface area contributed by atoms with E-state index in [1.54, 1.807) is 31.0 Å². The van der Waals surface area contributed by atoms with Gasteiger partial charge >= 0.3 is 5.97 Å². The highest BCUT2D eigenvalue weighted by atomic mass is 16.4. The summed E-state index contributed by atoms with van der Waals surface area (Å²) in [6.07, 6.45) is 8.39. The number of carbonyl (C=O) groups is 3. The van der Waals surface area contributed by atoms with E-state index in [2.05, 4.69) is 28.2 Å². The molecule has 1 aliphatic carbocycles. The van der Waals surface area contributed by atoms with Crippen LogP contribution in [0.25, 0.3) is 0 Å². The van der Waals surface area contributed by atoms with Crippen molar-refractivity contribution in [3.05, 3.63) is 59.0 Å². The molecule has 1 aliphatic heterocycles. The molecule has 8 heteroatoms. The summed E-state index contributed by atoms with van der Waals surface area (Å²) in [7, 11) is 0. The molecule has 2 heterocycles. The lowest BCUT2D eigenvalue weighted by molar-refractivity contribution is -0.151. The maximum Gasteiger partial charge on any atom is 0.309 e. The number of amides is 2. The van der Waals surface area contributed by atoms with Crippen LogP contribution in [0.3, 0.4) is 0 Å². The first-order chi connectivity index (χ1) is 15.6. The van der Waals surface area contributed by atoms with Crippen molar-refractivity contribution in [3.63, 3.8) is 0 Å². The average Bonchev–Trinajstić information content (AvgIpc) is 2.93. The van der Waals surface area contributed by atoms with E-state index in [4.69, 9.17) is 0 Å². The lowest BCUT2D eigenvalue weighted by Gasteiger charge is -2.36. The van der Waals surface area contributed by atoms with E-state index in [9.17, 15) is 19.5 Å². The van der Waals surface area contributed by atoms with Crippen molar-refractivity contribution >= 4 is 23.6 Å². The van der Waals surface area contributed by atoms with Crippen LogP contribution in [0.1, 0.15) is 50.9 Å². The number of hydrogen-bond acceptors (Lipinski definition) is 5. The number of hydrogen-bond donors (Lipinski definition) is 2. The van der Waals surface area contributed by atoms with Gasteiger partial charge in [-0.25, -0.2) is 4.98 Å². The van der Waals surface area contributed by atoms with E-state index < -0.39 is 11.4 Å². The molecule has 1 aromatic heterocycles. The van der Waals surface area contributed by atoms with Crippen LogP contribution in [0.15, 0.2) is 53.4 Å². The van der Waals surface area contributed by atoms with Crippen LogP contribution in [0, 0.1) is 5.41 Å². The number of rotatable bonds is 6. The summed E-state index contributed by atoms with van der Waals surface area (Å²) in [4.78, 5) is 44.6. The minimum Gasteiger partial charge on any atom is -0.481 e. The van der Waals surface area contributed by atoms with Gasteiger partial charge in [-0.3, -0.25) is 14.4 Å². The summed E-state index contributed by atoms with van der Waals surface area (Å²) >= 11 is 0. The fraction of sp³-hybridized carbons (Fsp3) is 0.440. The number of anilines is 1. The molecule has 0 unspecified atom stereocenters. The molecule has 0 aromatic carbocycles. The smallest absolute Gasteiger partial charge is 0.309 e. The second-order valence-corrected chi connectivity index (χ2v) is 9.20. The monoisotopic (exact) mass is 452 g/mol. The van der Waals surface area contributed by atoms with Gasteiger partial charge in [0, 0.05) is 44.5 Å². The predicted molar refractivity (Wildman–Crippen MR) is 127 cm³/mol. The molecule has 0 bridgehead atoms. The second kappa shape index (κ2) is 10.0. The minimum absolute atomic E-state index is 0.0226. The molecule has 0 radical (unpaired) electrons. The first kappa shape index (κ1) is 24.2. The SMILES string of the molecule is CC1=CCC=C(NC(=O)c2ccc(N3CCN(C(=O)CC(C)(C)C(=O)O)CC3)nc2)C=C1C. The number of piperazine rings is 1. The van der Waals surface area contributed by atoms with Gasteiger partial charge in [-0.2, -0.15) is 0 Å². The topological polar surface area (TPSA) is 103 Å². The Labute approximate surface area is 194 Å². The number of carbonyl (C=O) groups excluding carboxylic acids is 2. The molecule has 0 atom stereocenters. The van der Waals surface area contributed by atoms with Crippen LogP contribution in [-0.2, 0) is 9.59 Å². The van der Waals surface area contributed by atoms with Crippen molar-refractivity contribution in [3.8, 4) is 0 Å². The molecule has 1 saturated heterocycles. The molecule has 2 aliphatic rings. The molecular formula is C25H32N4O4. The Bertz CT molecular complexity index is 1010. The van der Waals surface area contributed by atoms with Crippen molar-refractivity contribution in [2.75, 3.05) is 31.1 Å². The van der Waals surface area contributed by atoms with Crippen LogP contribution in [0.5, 0.6) is 0 Å². The number of carboxylic acid groups (broad SMARTS) is 1. The van der Waals surface area contributed by atoms with Crippen molar-refractivity contribution in [2.45, 2.75) is 40.5 Å². The molecule has 8 nitrogen and oxygen atoms in total. The molecule has 1 aromatic rings. The van der Waals surface area contributed by atoms with Crippen LogP contribution in [0.2, 0.25) is 0 Å². The Morgan fingerprint density at radius 1 is 1.06 bits per heavy atom. The van der Waals surface area contributed by atoms with Gasteiger partial charge in [0.2, 0.25) is 5.91 Å². The Morgan fingerprint density at radius 2 is 1.76 bits per heavy atom. The van der Waals surface area contributed by atoms with Gasteiger partial charge < -0.3 is 20.2 Å². The molecule has 0 saturated carbocycles. The molecule has 3 rings (SSSR count). The summed E-state index contributed by atoms with van der Waals surface area (Å²) in [5.74, 6) is -0.588. The Kier molecular flexibility index (Phi) is 7.36. The fourth-order valence-electron chi connectivity index (χ4n) is 3.68. The maximum atomic E-state index is 12.6. The third kappa shape index (κ3) is 6.09. The van der Waals surface area contributed by atoms with Crippen LogP contribution in [-0.4, -0.2) is 59.0 Å². The normalized spacial score (nSPS) is 16.9. The van der Waals surface area contributed by atoms with Crippen LogP contribution >= 0.6 is 0 Å². The Hall–Kier alpha value is -3.42. The van der Waals surface area contributed by atoms with Gasteiger partial charge in [0.15, 0.2) is 0 Å². The molecule has 33 heavy (non-hydrogen) atoms. The van der Waals surface area contributed by atoms with Gasteiger partial charge in [-0.05, 0) is 57.9 Å². The third-order valence-electron chi connectivity index (χ3n) is 6.15. The van der Waals surface area contributed by atoms with Crippen LogP contribution in [0.4, 0.5) is 5.82 Å². The molecular weight excluding hydrogens is 420 g/mol. The maximum absolute atomic E-state index is 12.6. The van der Waals surface area contributed by atoms with Crippen molar-refractivity contribution in [2.24, 2.45) is 5.41 Å². The highest BCUT2D eigenvalue weighted by Gasteiger charge is 2.33. The Balaban J connectivity index is 1.55. The fourth-order valence-corrected chi connectivity index (χ4v) is 3.68. The lowest BCUT2D eigenvalue weighted by atomic mass is 9.89. The van der Waals surface area contributed by atoms with E-state index in [1.165, 1.54) is 5.57 Å². The number of pyridine rings is 1. The highest BCUT2D eigenvalue weighted by Crippen LogP contribution is 2.23. The molecule has 2 amide bonds. The van der Waals surface area contributed by atoms with E-state index in [0.717, 1.165) is 23.5 Å². The standard InChI is InChI=1S/C25H32N4O4/c1-17-6-5-7-20(14-18(17)2)27-23(31)19-8-9-21(26-16-19)28-10-12-29(13-11-28)22(30)15-25(3,4)24(32)33/h6-9,14,16H,5,10-13,15H2,1-4H3,(H,27,31)(H,32,33). The number of aromatic nitrogens is 1. The molecule has 2 N–H and O–H groups in total. The number of nitrogens with one attached hydrogen (secondary N) is 1. The first-order valence-electron chi connectivity index (χ1n) is 11.2. The summed E-state index contributed by atoms with van der Waals surface area (Å²) in [5, 5.41) is 12.2. The van der Waals surface area contributed by atoms with E-state index in [-0.39, 0.29) is 18.2 Å². The molecule has 0 spiro atoms. The summed E-state index contributed by atoms with van der Waals surface area (Å²) < 4.78 is 0. The Morgan fingerprint density at radius 3 is 2.36 bits per heavy atom. The average molecular weight is 453 g/mol. The predicted octanol–water partition coefficient (Wildman–Crippen LogP) is 3.14.